The van der Waals surface area contributed by atoms with Gasteiger partial charge in [-0.05, 0) is 46.4 Å². The molecule has 8 nitrogen and oxygen atoms in total. The highest BCUT2D eigenvalue weighted by atomic mass is 16.7. The molecule has 0 spiro atoms. The Bertz CT molecular complexity index is 1670. The third-order valence-electron chi connectivity index (χ3n) is 7.38. The second kappa shape index (κ2) is 9.48. The van der Waals surface area contributed by atoms with Crippen molar-refractivity contribution in [2.45, 2.75) is 38.8 Å². The topological polar surface area (TPSA) is 98.4 Å². The maximum atomic E-state index is 14.0. The van der Waals surface area contributed by atoms with Gasteiger partial charge in [0.15, 0.2) is 34.4 Å². The Labute approximate surface area is 231 Å². The number of Topliss-reactive ketones (excluding diaryl/α,β-unsaturated/α-hetero) is 1. The summed E-state index contributed by atoms with van der Waals surface area (Å²) < 4.78 is 22.2. The van der Waals surface area contributed by atoms with Gasteiger partial charge in [0.05, 0.1) is 18.7 Å². The number of amides is 1. The first-order chi connectivity index (χ1) is 19.2. The van der Waals surface area contributed by atoms with Crippen molar-refractivity contribution in [2.24, 2.45) is 0 Å². The molecule has 2 aliphatic heterocycles. The van der Waals surface area contributed by atoms with Gasteiger partial charge in [0.2, 0.25) is 12.6 Å². The predicted octanol–water partition coefficient (Wildman–Crippen LogP) is 6.25. The molecular weight excluding hydrogens is 510 g/mol. The second-order valence-corrected chi connectivity index (χ2v) is 11.0. The third-order valence-corrected chi connectivity index (χ3v) is 7.38. The predicted molar refractivity (Wildman–Crippen MR) is 148 cm³/mol. The van der Waals surface area contributed by atoms with Gasteiger partial charge in [0.1, 0.15) is 0 Å². The summed E-state index contributed by atoms with van der Waals surface area (Å²) in [4.78, 5) is 29.0. The highest BCUT2D eigenvalue weighted by molar-refractivity contribution is 6.16. The van der Waals surface area contributed by atoms with Crippen LogP contribution in [0.5, 0.6) is 17.2 Å². The molecule has 1 amide bonds. The average molecular weight is 540 g/mol. The Balaban J connectivity index is 1.43. The molecule has 8 heteroatoms. The smallest absolute Gasteiger partial charge is 0.290 e. The minimum absolute atomic E-state index is 0.00934. The lowest BCUT2D eigenvalue weighted by atomic mass is 9.85. The summed E-state index contributed by atoms with van der Waals surface area (Å²) in [7, 11) is 1.52. The largest absolute Gasteiger partial charge is 0.503 e. The summed E-state index contributed by atoms with van der Waals surface area (Å²) in [5.74, 6) is -0.0983. The molecule has 204 valence electrons. The number of carbonyl (C=O) groups excluding carboxylic acids is 2. The van der Waals surface area contributed by atoms with Crippen molar-refractivity contribution in [3.63, 3.8) is 0 Å². The molecule has 40 heavy (non-hydrogen) atoms. The van der Waals surface area contributed by atoms with Crippen LogP contribution in [0.4, 0.5) is 0 Å². The first-order valence-electron chi connectivity index (χ1n) is 13.0. The maximum absolute atomic E-state index is 14.0. The molecule has 0 saturated carbocycles. The van der Waals surface area contributed by atoms with E-state index >= 15 is 0 Å². The molecule has 0 radical (unpaired) electrons. The number of furan rings is 1. The number of para-hydroxylation sites is 1. The molecule has 1 N–H and O–H groups in total. The number of ether oxygens (including phenoxy) is 3. The average Bonchev–Trinajstić information content (AvgIpc) is 3.65. The van der Waals surface area contributed by atoms with Crippen LogP contribution in [0.2, 0.25) is 0 Å². The number of carbonyl (C=O) groups is 2. The third kappa shape index (κ3) is 4.25. The highest BCUT2D eigenvalue weighted by Crippen LogP contribution is 2.42. The zero-order valence-electron chi connectivity index (χ0n) is 22.7. The van der Waals surface area contributed by atoms with Crippen LogP contribution >= 0.6 is 0 Å². The number of aliphatic hydroxyl groups is 1. The van der Waals surface area contributed by atoms with Crippen LogP contribution in [0.1, 0.15) is 54.1 Å². The standard InChI is InChI=1S/C32H29NO7/c1-32(2,3)21-11-9-19(10-12-21)27-26(28(34)25-15-20-6-5-7-23(37-4)30(20)40-25)29(35)31(36)33(27)16-18-8-13-22-24(14-18)39-17-38-22/h5-15,27,35H,16-17H2,1-4H3. The van der Waals surface area contributed by atoms with E-state index in [1.54, 1.807) is 36.4 Å². The van der Waals surface area contributed by atoms with Crippen LogP contribution < -0.4 is 14.2 Å². The van der Waals surface area contributed by atoms with E-state index in [1.807, 2.05) is 30.3 Å². The van der Waals surface area contributed by atoms with Crippen LogP contribution in [0.15, 0.2) is 82.5 Å². The lowest BCUT2D eigenvalue weighted by Gasteiger charge is -2.28. The summed E-state index contributed by atoms with van der Waals surface area (Å²) in [6, 6.07) is 19.3. The van der Waals surface area contributed by atoms with Crippen LogP contribution in [0.3, 0.4) is 0 Å². The van der Waals surface area contributed by atoms with E-state index < -0.39 is 23.5 Å². The van der Waals surface area contributed by atoms with Crippen molar-refractivity contribution >= 4 is 22.7 Å². The molecule has 3 heterocycles. The summed E-state index contributed by atoms with van der Waals surface area (Å²) in [5.41, 5.74) is 2.87. The number of fused-ring (bicyclic) bond motifs is 2. The monoisotopic (exact) mass is 539 g/mol. The van der Waals surface area contributed by atoms with Crippen molar-refractivity contribution in [1.82, 2.24) is 4.90 Å². The molecular formula is C32H29NO7. The fraction of sp³-hybridized carbons (Fsp3) is 0.250. The van der Waals surface area contributed by atoms with Gasteiger partial charge in [-0.2, -0.15) is 0 Å². The van der Waals surface area contributed by atoms with Crippen molar-refractivity contribution in [2.75, 3.05) is 13.9 Å². The van der Waals surface area contributed by atoms with E-state index in [0.717, 1.165) is 11.1 Å². The Hall–Kier alpha value is -4.72. The highest BCUT2D eigenvalue weighted by Gasteiger charge is 2.44. The zero-order valence-corrected chi connectivity index (χ0v) is 22.7. The van der Waals surface area contributed by atoms with Crippen molar-refractivity contribution in [3.05, 3.63) is 101 Å². The van der Waals surface area contributed by atoms with E-state index in [2.05, 4.69) is 20.8 Å². The van der Waals surface area contributed by atoms with Crippen LogP contribution in [-0.4, -0.2) is 35.6 Å². The van der Waals surface area contributed by atoms with Gasteiger partial charge in [0.25, 0.3) is 5.91 Å². The molecule has 1 unspecified atom stereocenters. The Kier molecular flexibility index (Phi) is 6.06. The van der Waals surface area contributed by atoms with E-state index in [9.17, 15) is 14.7 Å². The summed E-state index contributed by atoms with van der Waals surface area (Å²) in [5, 5.41) is 11.8. The first-order valence-corrected chi connectivity index (χ1v) is 13.0. The number of hydrogen-bond acceptors (Lipinski definition) is 7. The van der Waals surface area contributed by atoms with Crippen molar-refractivity contribution in [3.8, 4) is 17.2 Å². The lowest BCUT2D eigenvalue weighted by molar-refractivity contribution is -0.130. The molecule has 0 saturated heterocycles. The van der Waals surface area contributed by atoms with Gasteiger partial charge in [-0.3, -0.25) is 9.59 Å². The zero-order chi connectivity index (χ0) is 28.2. The minimum atomic E-state index is -0.838. The van der Waals surface area contributed by atoms with Gasteiger partial charge in [0, 0.05) is 11.9 Å². The van der Waals surface area contributed by atoms with Crippen molar-refractivity contribution < 1.29 is 33.3 Å². The summed E-state index contributed by atoms with van der Waals surface area (Å²) >= 11 is 0. The van der Waals surface area contributed by atoms with Crippen LogP contribution in [-0.2, 0) is 16.8 Å². The molecule has 0 fully saturated rings. The molecule has 0 aliphatic carbocycles. The second-order valence-electron chi connectivity index (χ2n) is 11.0. The number of methoxy groups -OCH3 is 1. The van der Waals surface area contributed by atoms with Crippen LogP contribution in [0, 0.1) is 0 Å². The van der Waals surface area contributed by atoms with Crippen LogP contribution in [0.25, 0.3) is 11.0 Å². The van der Waals surface area contributed by atoms with Gasteiger partial charge in [-0.15, -0.1) is 0 Å². The number of hydrogen-bond donors (Lipinski definition) is 1. The summed E-state index contributed by atoms with van der Waals surface area (Å²) in [6.45, 7) is 6.61. The molecule has 2 aliphatic rings. The molecule has 6 rings (SSSR count). The van der Waals surface area contributed by atoms with E-state index in [1.165, 1.54) is 12.0 Å². The number of ketones is 1. The minimum Gasteiger partial charge on any atom is -0.503 e. The summed E-state index contributed by atoms with van der Waals surface area (Å²) in [6.07, 6.45) is 0. The molecule has 4 aromatic rings. The lowest BCUT2D eigenvalue weighted by Crippen LogP contribution is -2.30. The van der Waals surface area contributed by atoms with Gasteiger partial charge in [-0.25, -0.2) is 0 Å². The van der Waals surface area contributed by atoms with Gasteiger partial charge in [-0.1, -0.05) is 63.2 Å². The number of benzene rings is 3. The Morgan fingerprint density at radius 1 is 1.02 bits per heavy atom. The van der Waals surface area contributed by atoms with E-state index in [4.69, 9.17) is 18.6 Å². The van der Waals surface area contributed by atoms with Crippen molar-refractivity contribution in [1.29, 1.82) is 0 Å². The number of aliphatic hydroxyl groups excluding tert-OH is 1. The SMILES string of the molecule is COc1cccc2cc(C(=O)C3=C(O)C(=O)N(Cc4ccc5c(c4)OCO5)C3c3ccc(C(C)(C)C)cc3)oc12. The fourth-order valence-corrected chi connectivity index (χ4v) is 5.24. The first kappa shape index (κ1) is 25.6. The van der Waals surface area contributed by atoms with E-state index in [0.29, 0.717) is 33.8 Å². The molecule has 0 bridgehead atoms. The molecule has 1 aromatic heterocycles. The number of nitrogens with zero attached hydrogens (tertiary/aromatic N) is 1. The quantitative estimate of drug-likeness (QED) is 0.289. The van der Waals surface area contributed by atoms with Gasteiger partial charge < -0.3 is 28.6 Å². The Morgan fingerprint density at radius 2 is 1.77 bits per heavy atom. The number of rotatable bonds is 6. The molecule has 3 aromatic carbocycles. The normalized spacial score (nSPS) is 16.8. The fourth-order valence-electron chi connectivity index (χ4n) is 5.24. The Morgan fingerprint density at radius 3 is 2.50 bits per heavy atom. The van der Waals surface area contributed by atoms with E-state index in [-0.39, 0.29) is 30.1 Å². The van der Waals surface area contributed by atoms with Gasteiger partial charge >= 0.3 is 0 Å². The maximum Gasteiger partial charge on any atom is 0.290 e. The molecule has 1 atom stereocenters.